The van der Waals surface area contributed by atoms with Gasteiger partial charge in [-0.2, -0.15) is 0 Å². The number of carboxylic acids is 1. The van der Waals surface area contributed by atoms with Crippen LogP contribution in [0.1, 0.15) is 16.1 Å². The Morgan fingerprint density at radius 1 is 1.22 bits per heavy atom. The Bertz CT molecular complexity index is 845. The summed E-state index contributed by atoms with van der Waals surface area (Å²) in [4.78, 5) is 24.2. The zero-order valence-electron chi connectivity index (χ0n) is 11.6. The van der Waals surface area contributed by atoms with E-state index in [0.29, 0.717) is 11.3 Å². The van der Waals surface area contributed by atoms with Crippen molar-refractivity contribution in [2.75, 3.05) is 5.32 Å². The third-order valence-electron chi connectivity index (χ3n) is 2.96. The van der Waals surface area contributed by atoms with Crippen molar-refractivity contribution >= 4 is 45.6 Å². The van der Waals surface area contributed by atoms with E-state index in [1.54, 1.807) is 17.5 Å². The molecule has 0 fully saturated rings. The maximum atomic E-state index is 11.9. The molecule has 0 aliphatic carbocycles. The number of amides is 1. The van der Waals surface area contributed by atoms with Gasteiger partial charge in [0.2, 0.25) is 5.91 Å². The third-order valence-corrected chi connectivity index (χ3v) is 4.76. The van der Waals surface area contributed by atoms with Crippen LogP contribution in [0.3, 0.4) is 0 Å². The summed E-state index contributed by atoms with van der Waals surface area (Å²) in [5.74, 6) is -1.23. The number of carboxylic acid groups (broad SMARTS) is 1. The fourth-order valence-corrected chi connectivity index (χ4v) is 3.74. The van der Waals surface area contributed by atoms with Gasteiger partial charge >= 0.3 is 0 Å². The second-order valence-corrected chi connectivity index (χ2v) is 6.28. The molecule has 23 heavy (non-hydrogen) atoms. The summed E-state index contributed by atoms with van der Waals surface area (Å²) in [5, 5.41) is 17.8. The molecule has 0 saturated heterocycles. The van der Waals surface area contributed by atoms with Crippen molar-refractivity contribution in [3.63, 3.8) is 0 Å². The van der Waals surface area contributed by atoms with Crippen LogP contribution in [0.4, 0.5) is 5.00 Å². The normalized spacial score (nSPS) is 11.0. The Labute approximate surface area is 139 Å². The van der Waals surface area contributed by atoms with Gasteiger partial charge < -0.3 is 19.6 Å². The Hall–Kier alpha value is -2.64. The molecule has 3 aromatic heterocycles. The lowest BCUT2D eigenvalue weighted by Gasteiger charge is -2.07. The molecule has 0 unspecified atom stereocenters. The van der Waals surface area contributed by atoms with Crippen LogP contribution in [0, 0.1) is 0 Å². The Balaban J connectivity index is 1.83. The van der Waals surface area contributed by atoms with Gasteiger partial charge in [-0.1, -0.05) is 6.07 Å². The average molecular weight is 344 g/mol. The maximum Gasteiger partial charge on any atom is 0.249 e. The quantitative estimate of drug-likeness (QED) is 0.721. The number of hydrogen-bond acceptors (Lipinski definition) is 6. The summed E-state index contributed by atoms with van der Waals surface area (Å²) in [6.07, 6.45) is 4.28. The van der Waals surface area contributed by atoms with E-state index in [1.807, 2.05) is 17.5 Å². The summed E-state index contributed by atoms with van der Waals surface area (Å²) in [6.45, 7) is 0. The molecule has 0 aliphatic heterocycles. The van der Waals surface area contributed by atoms with E-state index in [9.17, 15) is 14.7 Å². The number of thiophene rings is 2. The molecular weight excluding hydrogens is 334 g/mol. The number of carbonyl (C=O) groups excluding carboxylic acids is 2. The maximum absolute atomic E-state index is 11.9. The van der Waals surface area contributed by atoms with E-state index in [-0.39, 0.29) is 10.6 Å². The molecule has 116 valence electrons. The van der Waals surface area contributed by atoms with Gasteiger partial charge in [0.25, 0.3) is 0 Å². The number of aromatic carboxylic acids is 1. The molecule has 0 bridgehead atoms. The van der Waals surface area contributed by atoms with Crippen LogP contribution in [-0.2, 0) is 4.79 Å². The monoisotopic (exact) mass is 344 g/mol. The number of carbonyl (C=O) groups is 2. The smallest absolute Gasteiger partial charge is 0.249 e. The highest BCUT2D eigenvalue weighted by Gasteiger charge is 2.16. The predicted octanol–water partition coefficient (Wildman–Crippen LogP) is 3.09. The molecule has 7 heteroatoms. The first-order valence-corrected chi connectivity index (χ1v) is 8.30. The molecule has 0 aliphatic rings. The van der Waals surface area contributed by atoms with E-state index in [4.69, 9.17) is 4.42 Å². The van der Waals surface area contributed by atoms with Crippen molar-refractivity contribution in [3.05, 3.63) is 58.7 Å². The lowest BCUT2D eigenvalue weighted by Crippen LogP contribution is -2.24. The highest BCUT2D eigenvalue weighted by atomic mass is 32.1. The highest BCUT2D eigenvalue weighted by Crippen LogP contribution is 2.37. The topological polar surface area (TPSA) is 82.4 Å². The lowest BCUT2D eigenvalue weighted by atomic mass is 10.1. The minimum absolute atomic E-state index is 0.00259. The van der Waals surface area contributed by atoms with Gasteiger partial charge in [-0.15, -0.1) is 22.7 Å². The highest BCUT2D eigenvalue weighted by molar-refractivity contribution is 7.17. The van der Waals surface area contributed by atoms with Crippen LogP contribution < -0.4 is 10.4 Å². The van der Waals surface area contributed by atoms with Crippen molar-refractivity contribution < 1.29 is 19.1 Å². The van der Waals surface area contributed by atoms with E-state index >= 15 is 0 Å². The van der Waals surface area contributed by atoms with Crippen LogP contribution in [0.5, 0.6) is 0 Å². The predicted molar refractivity (Wildman–Crippen MR) is 88.3 cm³/mol. The molecule has 3 heterocycles. The van der Waals surface area contributed by atoms with Gasteiger partial charge in [-0.25, -0.2) is 0 Å². The first-order chi connectivity index (χ1) is 11.1. The SMILES string of the molecule is O=C(/C=C/c1ccco1)Nc1scc(-c2cccs2)c1C(=O)[O-]. The molecule has 0 aromatic carbocycles. The van der Waals surface area contributed by atoms with Gasteiger partial charge in [-0.05, 0) is 29.7 Å². The number of furan rings is 1. The van der Waals surface area contributed by atoms with Crippen molar-refractivity contribution in [2.24, 2.45) is 0 Å². The molecule has 5 nitrogen and oxygen atoms in total. The fourth-order valence-electron chi connectivity index (χ4n) is 1.96. The Kier molecular flexibility index (Phi) is 4.40. The van der Waals surface area contributed by atoms with Crippen LogP contribution in [0.15, 0.2) is 51.8 Å². The number of hydrogen-bond donors (Lipinski definition) is 1. The molecule has 3 rings (SSSR count). The molecular formula is C16H10NO4S2-. The summed E-state index contributed by atoms with van der Waals surface area (Å²) in [5.41, 5.74) is 0.549. The van der Waals surface area contributed by atoms with E-state index < -0.39 is 11.9 Å². The molecule has 1 N–H and O–H groups in total. The van der Waals surface area contributed by atoms with Gasteiger partial charge in [0, 0.05) is 27.5 Å². The number of anilines is 1. The van der Waals surface area contributed by atoms with Crippen molar-refractivity contribution in [3.8, 4) is 10.4 Å². The molecule has 0 radical (unpaired) electrons. The second-order valence-electron chi connectivity index (χ2n) is 4.46. The standard InChI is InChI=1S/C16H11NO4S2/c18-13(6-5-10-3-1-7-21-10)17-15-14(16(19)20)11(9-23-15)12-4-2-8-22-12/h1-9H,(H,17,18)(H,19,20)/p-1/b6-5+. The zero-order chi connectivity index (χ0) is 16.2. The van der Waals surface area contributed by atoms with Gasteiger partial charge in [0.05, 0.1) is 12.2 Å². The Morgan fingerprint density at radius 2 is 2.09 bits per heavy atom. The Morgan fingerprint density at radius 3 is 2.74 bits per heavy atom. The summed E-state index contributed by atoms with van der Waals surface area (Å²) in [7, 11) is 0. The third kappa shape index (κ3) is 3.41. The fraction of sp³-hybridized carbons (Fsp3) is 0. The van der Waals surface area contributed by atoms with Crippen molar-refractivity contribution in [2.45, 2.75) is 0 Å². The average Bonchev–Trinajstić information content (AvgIpc) is 3.25. The number of nitrogens with one attached hydrogen (secondary N) is 1. The first kappa shape index (κ1) is 15.3. The minimum Gasteiger partial charge on any atom is -0.545 e. The lowest BCUT2D eigenvalue weighted by molar-refractivity contribution is -0.254. The molecule has 3 aromatic rings. The zero-order valence-corrected chi connectivity index (χ0v) is 13.3. The van der Waals surface area contributed by atoms with Crippen molar-refractivity contribution in [1.82, 2.24) is 0 Å². The second kappa shape index (κ2) is 6.64. The van der Waals surface area contributed by atoms with E-state index in [1.165, 1.54) is 29.8 Å². The molecule has 0 spiro atoms. The van der Waals surface area contributed by atoms with E-state index in [2.05, 4.69) is 5.32 Å². The first-order valence-electron chi connectivity index (χ1n) is 6.54. The molecule has 1 amide bonds. The number of rotatable bonds is 5. The summed E-state index contributed by atoms with van der Waals surface area (Å²) >= 11 is 2.58. The van der Waals surface area contributed by atoms with Gasteiger partial charge in [-0.3, -0.25) is 4.79 Å². The minimum atomic E-state index is -1.32. The molecule has 0 atom stereocenters. The largest absolute Gasteiger partial charge is 0.545 e. The van der Waals surface area contributed by atoms with Gasteiger partial charge in [0.1, 0.15) is 10.8 Å². The molecule has 0 saturated carbocycles. The van der Waals surface area contributed by atoms with Crippen LogP contribution in [-0.4, -0.2) is 11.9 Å². The van der Waals surface area contributed by atoms with Crippen LogP contribution in [0.2, 0.25) is 0 Å². The van der Waals surface area contributed by atoms with Crippen LogP contribution in [0.25, 0.3) is 16.5 Å². The van der Waals surface area contributed by atoms with Crippen LogP contribution >= 0.6 is 22.7 Å². The van der Waals surface area contributed by atoms with Crippen molar-refractivity contribution in [1.29, 1.82) is 0 Å². The van der Waals surface area contributed by atoms with E-state index in [0.717, 1.165) is 16.2 Å². The summed E-state index contributed by atoms with van der Waals surface area (Å²) in [6, 6.07) is 7.07. The summed E-state index contributed by atoms with van der Waals surface area (Å²) < 4.78 is 5.08. The van der Waals surface area contributed by atoms with Gasteiger partial charge in [0.15, 0.2) is 0 Å².